The first-order valence-corrected chi connectivity index (χ1v) is 8.29. The standard InChI is InChI=1S/C19H21N3O3/c1-23-15-3-4-16-14(6-7-20)11-22(17(16)9-15)21-10-13-2-5-18-19(8-13)25-12-24-18/h2-5,8-9,11,21H,6-7,10,12,20H2,1H3. The van der Waals surface area contributed by atoms with Crippen LogP contribution in [-0.4, -0.2) is 25.1 Å². The molecule has 0 radical (unpaired) electrons. The monoisotopic (exact) mass is 339 g/mol. The zero-order valence-electron chi connectivity index (χ0n) is 14.1. The van der Waals surface area contributed by atoms with Crippen molar-refractivity contribution in [2.75, 3.05) is 25.9 Å². The van der Waals surface area contributed by atoms with Gasteiger partial charge in [0.15, 0.2) is 11.5 Å². The minimum Gasteiger partial charge on any atom is -0.497 e. The van der Waals surface area contributed by atoms with Gasteiger partial charge in [-0.25, -0.2) is 0 Å². The lowest BCUT2D eigenvalue weighted by Crippen LogP contribution is -2.13. The molecule has 0 spiro atoms. The number of ether oxygens (including phenoxy) is 3. The van der Waals surface area contributed by atoms with E-state index in [-0.39, 0.29) is 6.79 Å². The SMILES string of the molecule is COc1ccc2c(CCN)cn(NCc3ccc4c(c3)OCO4)c2c1. The van der Waals surface area contributed by atoms with Crippen molar-refractivity contribution in [2.45, 2.75) is 13.0 Å². The lowest BCUT2D eigenvalue weighted by Gasteiger charge is -2.10. The van der Waals surface area contributed by atoms with Crippen molar-refractivity contribution in [1.29, 1.82) is 0 Å². The maximum absolute atomic E-state index is 5.75. The van der Waals surface area contributed by atoms with Gasteiger partial charge in [-0.15, -0.1) is 0 Å². The molecule has 0 aliphatic carbocycles. The molecule has 6 nitrogen and oxygen atoms in total. The minimum atomic E-state index is 0.288. The van der Waals surface area contributed by atoms with E-state index in [4.69, 9.17) is 19.9 Å². The van der Waals surface area contributed by atoms with E-state index >= 15 is 0 Å². The largest absolute Gasteiger partial charge is 0.497 e. The van der Waals surface area contributed by atoms with E-state index in [9.17, 15) is 0 Å². The fourth-order valence-corrected chi connectivity index (χ4v) is 3.12. The number of hydrogen-bond donors (Lipinski definition) is 2. The summed E-state index contributed by atoms with van der Waals surface area (Å²) in [6.45, 7) is 1.57. The van der Waals surface area contributed by atoms with Crippen LogP contribution < -0.4 is 25.4 Å². The summed E-state index contributed by atoms with van der Waals surface area (Å²) in [5.41, 5.74) is 12.6. The number of nitrogens with zero attached hydrogens (tertiary/aromatic N) is 1. The summed E-state index contributed by atoms with van der Waals surface area (Å²) in [7, 11) is 1.68. The van der Waals surface area contributed by atoms with Crippen LogP contribution in [0.2, 0.25) is 0 Å². The van der Waals surface area contributed by atoms with Crippen molar-refractivity contribution in [3.05, 3.63) is 53.7 Å². The van der Waals surface area contributed by atoms with E-state index in [0.29, 0.717) is 13.1 Å². The topological polar surface area (TPSA) is 70.7 Å². The number of rotatable bonds is 6. The highest BCUT2D eigenvalue weighted by Crippen LogP contribution is 2.32. The molecule has 3 N–H and O–H groups in total. The molecular formula is C19H21N3O3. The molecule has 0 saturated carbocycles. The van der Waals surface area contributed by atoms with Crippen LogP contribution in [0.5, 0.6) is 17.2 Å². The Labute approximate surface area is 146 Å². The molecule has 3 aromatic rings. The number of nitrogens with two attached hydrogens (primary N) is 1. The van der Waals surface area contributed by atoms with Crippen LogP contribution in [0.3, 0.4) is 0 Å². The summed E-state index contributed by atoms with van der Waals surface area (Å²) >= 11 is 0. The van der Waals surface area contributed by atoms with Crippen molar-refractivity contribution in [3.63, 3.8) is 0 Å². The molecule has 130 valence electrons. The summed E-state index contributed by atoms with van der Waals surface area (Å²) in [6, 6.07) is 12.1. The highest BCUT2D eigenvalue weighted by atomic mass is 16.7. The molecule has 0 saturated heterocycles. The van der Waals surface area contributed by atoms with E-state index in [1.165, 1.54) is 10.9 Å². The van der Waals surface area contributed by atoms with Crippen LogP contribution in [0.1, 0.15) is 11.1 Å². The summed E-state index contributed by atoms with van der Waals surface area (Å²) in [5, 5.41) is 1.18. The fraction of sp³-hybridized carbons (Fsp3) is 0.263. The zero-order chi connectivity index (χ0) is 17.2. The lowest BCUT2D eigenvalue weighted by atomic mass is 10.1. The molecule has 0 amide bonds. The Morgan fingerprint density at radius 1 is 1.16 bits per heavy atom. The Morgan fingerprint density at radius 3 is 2.88 bits per heavy atom. The molecule has 2 heterocycles. The molecule has 0 fully saturated rings. The number of nitrogens with one attached hydrogen (secondary N) is 1. The number of fused-ring (bicyclic) bond motifs is 2. The Kier molecular flexibility index (Phi) is 4.11. The van der Waals surface area contributed by atoms with E-state index in [2.05, 4.69) is 17.7 Å². The van der Waals surface area contributed by atoms with E-state index in [1.807, 2.05) is 35.0 Å². The van der Waals surface area contributed by atoms with E-state index in [0.717, 1.165) is 34.7 Å². The highest BCUT2D eigenvalue weighted by Gasteiger charge is 2.14. The Morgan fingerprint density at radius 2 is 2.04 bits per heavy atom. The van der Waals surface area contributed by atoms with Gasteiger partial charge in [-0.1, -0.05) is 6.07 Å². The van der Waals surface area contributed by atoms with Gasteiger partial charge in [0.1, 0.15) is 5.75 Å². The van der Waals surface area contributed by atoms with Crippen LogP contribution in [0, 0.1) is 0 Å². The molecule has 0 atom stereocenters. The van der Waals surface area contributed by atoms with Gasteiger partial charge >= 0.3 is 0 Å². The maximum Gasteiger partial charge on any atom is 0.231 e. The number of benzene rings is 2. The molecule has 25 heavy (non-hydrogen) atoms. The van der Waals surface area contributed by atoms with Crippen LogP contribution in [-0.2, 0) is 13.0 Å². The average Bonchev–Trinajstić information content (AvgIpc) is 3.24. The fourth-order valence-electron chi connectivity index (χ4n) is 3.12. The first kappa shape index (κ1) is 15.7. The van der Waals surface area contributed by atoms with Gasteiger partial charge in [0.2, 0.25) is 6.79 Å². The van der Waals surface area contributed by atoms with Crippen molar-refractivity contribution >= 4 is 10.9 Å². The van der Waals surface area contributed by atoms with Crippen molar-refractivity contribution in [3.8, 4) is 17.2 Å². The van der Waals surface area contributed by atoms with E-state index in [1.54, 1.807) is 7.11 Å². The van der Waals surface area contributed by atoms with Crippen molar-refractivity contribution < 1.29 is 14.2 Å². The second-order valence-electron chi connectivity index (χ2n) is 5.97. The third-order valence-corrected chi connectivity index (χ3v) is 4.40. The van der Waals surface area contributed by atoms with E-state index < -0.39 is 0 Å². The average molecular weight is 339 g/mol. The van der Waals surface area contributed by atoms with Crippen molar-refractivity contribution in [2.24, 2.45) is 5.73 Å². The van der Waals surface area contributed by atoms with Crippen LogP contribution >= 0.6 is 0 Å². The first-order valence-electron chi connectivity index (χ1n) is 8.29. The smallest absolute Gasteiger partial charge is 0.231 e. The van der Waals surface area contributed by atoms with Gasteiger partial charge in [-0.05, 0) is 48.4 Å². The van der Waals surface area contributed by atoms with Crippen molar-refractivity contribution in [1.82, 2.24) is 4.68 Å². The molecule has 0 unspecified atom stereocenters. The number of aromatic nitrogens is 1. The van der Waals surface area contributed by atoms with Gasteiger partial charge in [-0.2, -0.15) is 0 Å². The van der Waals surface area contributed by atoms with Crippen LogP contribution in [0.15, 0.2) is 42.6 Å². The second kappa shape index (κ2) is 6.57. The molecule has 2 aromatic carbocycles. The first-order chi connectivity index (χ1) is 12.3. The Hall–Kier alpha value is -2.86. The minimum absolute atomic E-state index is 0.288. The van der Waals surface area contributed by atoms with Gasteiger partial charge in [0.25, 0.3) is 0 Å². The maximum atomic E-state index is 5.75. The quantitative estimate of drug-likeness (QED) is 0.722. The molecule has 0 bridgehead atoms. The van der Waals surface area contributed by atoms with Gasteiger partial charge < -0.3 is 25.4 Å². The number of hydrogen-bond acceptors (Lipinski definition) is 5. The molecule has 6 heteroatoms. The summed E-state index contributed by atoms with van der Waals surface area (Å²) in [4.78, 5) is 0. The molecule has 1 aliphatic rings. The second-order valence-corrected chi connectivity index (χ2v) is 5.97. The lowest BCUT2D eigenvalue weighted by molar-refractivity contribution is 0.174. The molecule has 1 aromatic heterocycles. The normalized spacial score (nSPS) is 12.6. The predicted molar refractivity (Wildman–Crippen MR) is 96.9 cm³/mol. The Bertz CT molecular complexity index is 904. The zero-order valence-corrected chi connectivity index (χ0v) is 14.1. The highest BCUT2D eigenvalue weighted by molar-refractivity contribution is 5.85. The molecule has 1 aliphatic heterocycles. The van der Waals surface area contributed by atoms with Crippen LogP contribution in [0.25, 0.3) is 10.9 Å². The van der Waals surface area contributed by atoms with Gasteiger partial charge in [0, 0.05) is 17.6 Å². The third kappa shape index (κ3) is 2.96. The molecule has 4 rings (SSSR count). The summed E-state index contributed by atoms with van der Waals surface area (Å²) < 4.78 is 18.2. The predicted octanol–water partition coefficient (Wildman–Crippen LogP) is 2.62. The van der Waals surface area contributed by atoms with Gasteiger partial charge in [-0.3, -0.25) is 4.68 Å². The number of methoxy groups -OCH3 is 1. The summed E-state index contributed by atoms with van der Waals surface area (Å²) in [6.07, 6.45) is 2.94. The summed E-state index contributed by atoms with van der Waals surface area (Å²) in [5.74, 6) is 2.42. The van der Waals surface area contributed by atoms with Crippen LogP contribution in [0.4, 0.5) is 0 Å². The molecular weight excluding hydrogens is 318 g/mol. The Balaban J connectivity index is 1.61. The van der Waals surface area contributed by atoms with Gasteiger partial charge in [0.05, 0.1) is 19.2 Å². The third-order valence-electron chi connectivity index (χ3n) is 4.40.